The summed E-state index contributed by atoms with van der Waals surface area (Å²) in [5.41, 5.74) is 0.134. The molecule has 2 aromatic carbocycles. The number of hydrogen-bond donors (Lipinski definition) is 1. The summed E-state index contributed by atoms with van der Waals surface area (Å²) >= 11 is 3.31. The van der Waals surface area contributed by atoms with Crippen molar-refractivity contribution in [1.29, 1.82) is 0 Å². The van der Waals surface area contributed by atoms with Crippen LogP contribution in [-0.2, 0) is 0 Å². The number of hydrogen-bond acceptors (Lipinski definition) is 1. The van der Waals surface area contributed by atoms with Crippen LogP contribution in [0.1, 0.15) is 10.4 Å². The summed E-state index contributed by atoms with van der Waals surface area (Å²) in [7, 11) is 0. The number of amides is 1. The molecule has 0 aliphatic rings. The van der Waals surface area contributed by atoms with Crippen LogP contribution in [0.5, 0.6) is 0 Å². The summed E-state index contributed by atoms with van der Waals surface area (Å²) < 4.78 is 50.4. The monoisotopic (exact) mass is 363 g/mol. The Morgan fingerprint density at radius 2 is 1.76 bits per heavy atom. The van der Waals surface area contributed by atoms with E-state index in [0.29, 0.717) is 0 Å². The predicted octanol–water partition coefficient (Wildman–Crippen LogP) is 4.23. The molecule has 0 spiro atoms. The van der Waals surface area contributed by atoms with Crippen molar-refractivity contribution in [1.82, 2.24) is 5.32 Å². The van der Waals surface area contributed by atoms with Gasteiger partial charge in [-0.1, -0.05) is 28.1 Å². The van der Waals surface area contributed by atoms with Gasteiger partial charge in [-0.05, 0) is 35.0 Å². The van der Waals surface area contributed by atoms with Crippen molar-refractivity contribution in [2.75, 3.05) is 6.54 Å². The Kier molecular flexibility index (Phi) is 4.51. The molecule has 0 bridgehead atoms. The van der Waals surface area contributed by atoms with Gasteiger partial charge in [-0.25, -0.2) is 8.78 Å². The zero-order chi connectivity index (χ0) is 15.6. The van der Waals surface area contributed by atoms with Crippen LogP contribution in [-0.4, -0.2) is 24.8 Å². The lowest BCUT2D eigenvalue weighted by molar-refractivity contribution is -0.123. The summed E-state index contributed by atoms with van der Waals surface area (Å²) in [4.78, 5) is 11.7. The van der Waals surface area contributed by atoms with E-state index in [4.69, 9.17) is 0 Å². The standard InChI is InChI=1S/C14H10BrF4NO/c15-11-4-3-8-5-10(2-1-9(8)6-11)12(21)20-7-14(18,19)13(16)17/h1-6,13H,7H2,(H,20,21). The van der Waals surface area contributed by atoms with E-state index in [1.165, 1.54) is 12.1 Å². The van der Waals surface area contributed by atoms with Gasteiger partial charge in [0.25, 0.3) is 5.91 Å². The minimum Gasteiger partial charge on any atom is -0.346 e. The molecule has 21 heavy (non-hydrogen) atoms. The van der Waals surface area contributed by atoms with Gasteiger partial charge in [-0.2, -0.15) is 8.78 Å². The van der Waals surface area contributed by atoms with E-state index in [1.54, 1.807) is 18.2 Å². The van der Waals surface area contributed by atoms with Crippen LogP contribution in [0.3, 0.4) is 0 Å². The summed E-state index contributed by atoms with van der Waals surface area (Å²) in [6.45, 7) is -1.40. The SMILES string of the molecule is O=C(NCC(F)(F)C(F)F)c1ccc2cc(Br)ccc2c1. The zero-order valence-electron chi connectivity index (χ0n) is 10.5. The fourth-order valence-corrected chi connectivity index (χ4v) is 2.11. The molecule has 2 rings (SSSR count). The van der Waals surface area contributed by atoms with Gasteiger partial charge < -0.3 is 5.32 Å². The Morgan fingerprint density at radius 3 is 2.43 bits per heavy atom. The van der Waals surface area contributed by atoms with Gasteiger partial charge >= 0.3 is 12.3 Å². The van der Waals surface area contributed by atoms with Gasteiger partial charge in [0.15, 0.2) is 0 Å². The number of fused-ring (bicyclic) bond motifs is 1. The Labute approximate surface area is 126 Å². The van der Waals surface area contributed by atoms with E-state index < -0.39 is 24.8 Å². The third-order valence-corrected chi connectivity index (χ3v) is 3.36. The van der Waals surface area contributed by atoms with Crippen molar-refractivity contribution >= 4 is 32.6 Å². The maximum Gasteiger partial charge on any atom is 0.324 e. The van der Waals surface area contributed by atoms with E-state index >= 15 is 0 Å². The molecule has 0 radical (unpaired) electrons. The second-order valence-corrected chi connectivity index (χ2v) is 5.37. The minimum atomic E-state index is -4.24. The largest absolute Gasteiger partial charge is 0.346 e. The Hall–Kier alpha value is -1.63. The average molecular weight is 364 g/mol. The molecule has 1 N–H and O–H groups in total. The summed E-state index contributed by atoms with van der Waals surface area (Å²) in [6.07, 6.45) is -3.81. The van der Waals surface area contributed by atoms with Gasteiger partial charge in [0.05, 0.1) is 6.54 Å². The molecule has 2 aromatic rings. The number of alkyl halides is 4. The predicted molar refractivity (Wildman–Crippen MR) is 74.9 cm³/mol. The third kappa shape index (κ3) is 3.72. The number of carbonyl (C=O) groups is 1. The first-order chi connectivity index (χ1) is 9.79. The normalized spacial score (nSPS) is 11.9. The van der Waals surface area contributed by atoms with Crippen LogP contribution >= 0.6 is 15.9 Å². The molecule has 0 atom stereocenters. The first-order valence-corrected chi connectivity index (χ1v) is 6.72. The maximum absolute atomic E-state index is 12.7. The van der Waals surface area contributed by atoms with E-state index in [0.717, 1.165) is 15.2 Å². The minimum absolute atomic E-state index is 0.134. The third-order valence-electron chi connectivity index (χ3n) is 2.87. The molecular formula is C14H10BrF4NO. The first kappa shape index (κ1) is 15.8. The van der Waals surface area contributed by atoms with E-state index in [-0.39, 0.29) is 5.56 Å². The van der Waals surface area contributed by atoms with Crippen LogP contribution in [0.15, 0.2) is 40.9 Å². The first-order valence-electron chi connectivity index (χ1n) is 5.93. The van der Waals surface area contributed by atoms with Gasteiger partial charge in [0.2, 0.25) is 0 Å². The maximum atomic E-state index is 12.7. The molecule has 0 unspecified atom stereocenters. The summed E-state index contributed by atoms with van der Waals surface area (Å²) in [5, 5.41) is 3.42. The highest BCUT2D eigenvalue weighted by Gasteiger charge is 2.40. The number of rotatable bonds is 4. The van der Waals surface area contributed by atoms with Crippen molar-refractivity contribution in [3.05, 3.63) is 46.4 Å². The van der Waals surface area contributed by atoms with Crippen molar-refractivity contribution in [3.63, 3.8) is 0 Å². The molecule has 2 nitrogen and oxygen atoms in total. The van der Waals surface area contributed by atoms with Crippen molar-refractivity contribution in [3.8, 4) is 0 Å². The second kappa shape index (κ2) is 6.01. The summed E-state index contributed by atoms with van der Waals surface area (Å²) in [5.74, 6) is -5.06. The van der Waals surface area contributed by atoms with Crippen LogP contribution in [0.4, 0.5) is 17.6 Å². The van der Waals surface area contributed by atoms with E-state index in [2.05, 4.69) is 15.9 Å². The molecule has 0 saturated carbocycles. The number of benzene rings is 2. The topological polar surface area (TPSA) is 29.1 Å². The molecule has 1 amide bonds. The fourth-order valence-electron chi connectivity index (χ4n) is 1.74. The number of nitrogens with one attached hydrogen (secondary N) is 1. The van der Waals surface area contributed by atoms with Crippen LogP contribution < -0.4 is 5.32 Å². The van der Waals surface area contributed by atoms with Crippen LogP contribution in [0.2, 0.25) is 0 Å². The Balaban J connectivity index is 2.15. The molecule has 7 heteroatoms. The molecule has 0 fully saturated rings. The van der Waals surface area contributed by atoms with Gasteiger partial charge in [0.1, 0.15) is 0 Å². The second-order valence-electron chi connectivity index (χ2n) is 4.45. The molecule has 0 heterocycles. The van der Waals surface area contributed by atoms with Crippen molar-refractivity contribution < 1.29 is 22.4 Å². The van der Waals surface area contributed by atoms with Gasteiger partial charge in [-0.15, -0.1) is 0 Å². The quantitative estimate of drug-likeness (QED) is 0.809. The van der Waals surface area contributed by atoms with Gasteiger partial charge in [-0.3, -0.25) is 4.79 Å². The van der Waals surface area contributed by atoms with E-state index in [9.17, 15) is 22.4 Å². The molecular weight excluding hydrogens is 354 g/mol. The summed E-state index contributed by atoms with van der Waals surface area (Å²) in [6, 6.07) is 9.98. The Bertz CT molecular complexity index is 675. The van der Waals surface area contributed by atoms with Gasteiger partial charge in [0, 0.05) is 10.0 Å². The van der Waals surface area contributed by atoms with Crippen LogP contribution in [0.25, 0.3) is 10.8 Å². The van der Waals surface area contributed by atoms with Crippen LogP contribution in [0, 0.1) is 0 Å². The number of halogens is 5. The van der Waals surface area contributed by atoms with Crippen molar-refractivity contribution in [2.45, 2.75) is 12.3 Å². The molecule has 0 saturated heterocycles. The lowest BCUT2D eigenvalue weighted by Crippen LogP contribution is -2.41. The Morgan fingerprint density at radius 1 is 1.14 bits per heavy atom. The molecule has 112 valence electrons. The number of carbonyl (C=O) groups excluding carboxylic acids is 1. The lowest BCUT2D eigenvalue weighted by atomic mass is 10.1. The highest BCUT2D eigenvalue weighted by atomic mass is 79.9. The van der Waals surface area contributed by atoms with Crippen molar-refractivity contribution in [2.24, 2.45) is 0 Å². The molecule has 0 aliphatic carbocycles. The van der Waals surface area contributed by atoms with E-state index in [1.807, 2.05) is 11.4 Å². The highest BCUT2D eigenvalue weighted by molar-refractivity contribution is 9.10. The smallest absolute Gasteiger partial charge is 0.324 e. The molecule has 0 aromatic heterocycles. The highest BCUT2D eigenvalue weighted by Crippen LogP contribution is 2.23. The fraction of sp³-hybridized carbons (Fsp3) is 0.214. The molecule has 0 aliphatic heterocycles. The average Bonchev–Trinajstić information content (AvgIpc) is 2.44. The zero-order valence-corrected chi connectivity index (χ0v) is 12.1. The lowest BCUT2D eigenvalue weighted by Gasteiger charge is -2.15.